The molecule has 1 saturated heterocycles. The number of aliphatic hydroxyl groups excluding tert-OH is 5. The van der Waals surface area contributed by atoms with Crippen LogP contribution in [0.3, 0.4) is 0 Å². The molecule has 6 N–H and O–H groups in total. The topological polar surface area (TPSA) is 175 Å². The van der Waals surface area contributed by atoms with E-state index in [9.17, 15) is 35.1 Å². The predicted octanol–water partition coefficient (Wildman–Crippen LogP) is 25.0. The van der Waals surface area contributed by atoms with Crippen LogP contribution < -0.4 is 5.32 Å². The fourth-order valence-electron chi connectivity index (χ4n) is 14.6. The van der Waals surface area contributed by atoms with Gasteiger partial charge in [0.2, 0.25) is 5.91 Å². The van der Waals surface area contributed by atoms with Crippen LogP contribution in [-0.4, -0.2) is 100 Å². The van der Waals surface area contributed by atoms with Gasteiger partial charge >= 0.3 is 5.97 Å². The highest BCUT2D eigenvalue weighted by Crippen LogP contribution is 2.24. The summed E-state index contributed by atoms with van der Waals surface area (Å²) >= 11 is 0. The van der Waals surface area contributed by atoms with E-state index in [-0.39, 0.29) is 18.5 Å². The third kappa shape index (κ3) is 65.6. The molecule has 7 atom stereocenters. The molecule has 100 heavy (non-hydrogen) atoms. The van der Waals surface area contributed by atoms with Gasteiger partial charge in [-0.2, -0.15) is 0 Å². The first-order chi connectivity index (χ1) is 49.2. The summed E-state index contributed by atoms with van der Waals surface area (Å²) in [6, 6.07) is -0.823. The minimum Gasteiger partial charge on any atom is -0.466 e. The van der Waals surface area contributed by atoms with Gasteiger partial charge < -0.3 is 45.1 Å². The second kappa shape index (κ2) is 78.2. The maximum absolute atomic E-state index is 13.1. The molecule has 1 fully saturated rings. The van der Waals surface area contributed by atoms with E-state index in [1.807, 2.05) is 6.08 Å². The van der Waals surface area contributed by atoms with Crippen molar-refractivity contribution in [1.29, 1.82) is 0 Å². The van der Waals surface area contributed by atoms with Gasteiger partial charge in [-0.1, -0.05) is 436 Å². The van der Waals surface area contributed by atoms with Crippen molar-refractivity contribution in [3.63, 3.8) is 0 Å². The van der Waals surface area contributed by atoms with Crippen LogP contribution in [0.4, 0.5) is 0 Å². The monoisotopic (exact) mass is 1410 g/mol. The average Bonchev–Trinajstić information content (AvgIpc) is 0.822. The van der Waals surface area contributed by atoms with E-state index in [4.69, 9.17) is 14.2 Å². The molecule has 0 aromatic rings. The number of carbonyl (C=O) groups excluding carboxylic acids is 2. The SMILES string of the molecule is CCCCCCCCCC/C=C/CC/C=C/C(O)C(COC1OC(CO)C(O)C(O)C1O)NC(=O)CCCCCCCCCCCCCCCCCCCCCCCCCCCCCCCCCCCCCCCCCOC(=O)CCCCCCCCCCCCCCCCCCCCC. The van der Waals surface area contributed by atoms with Crippen LogP contribution in [0.25, 0.3) is 0 Å². The van der Waals surface area contributed by atoms with Crippen LogP contribution in [-0.2, 0) is 23.8 Å². The number of allylic oxidation sites excluding steroid dienone is 3. The first-order valence-electron chi connectivity index (χ1n) is 44.6. The number of ether oxygens (including phenoxy) is 3. The number of amides is 1. The Kier molecular flexibility index (Phi) is 75.2. The molecule has 592 valence electrons. The van der Waals surface area contributed by atoms with Crippen molar-refractivity contribution in [3.05, 3.63) is 24.3 Å². The molecule has 11 heteroatoms. The molecule has 0 radical (unpaired) electrons. The van der Waals surface area contributed by atoms with Gasteiger partial charge in [0.15, 0.2) is 6.29 Å². The van der Waals surface area contributed by atoms with Crippen molar-refractivity contribution in [2.75, 3.05) is 19.8 Å². The van der Waals surface area contributed by atoms with Crippen molar-refractivity contribution >= 4 is 11.9 Å². The van der Waals surface area contributed by atoms with E-state index in [0.717, 1.165) is 51.4 Å². The van der Waals surface area contributed by atoms with Crippen LogP contribution in [0.5, 0.6) is 0 Å². The second-order valence-corrected chi connectivity index (χ2v) is 31.3. The molecule has 0 aliphatic carbocycles. The fraction of sp³-hybridized carbons (Fsp3) is 0.933. The van der Waals surface area contributed by atoms with Gasteiger partial charge in [0.25, 0.3) is 0 Å². The van der Waals surface area contributed by atoms with E-state index < -0.39 is 49.5 Å². The van der Waals surface area contributed by atoms with E-state index in [1.54, 1.807) is 6.08 Å². The summed E-state index contributed by atoms with van der Waals surface area (Å²) in [6.07, 6.45) is 92.6. The molecule has 1 heterocycles. The molecule has 1 aliphatic heterocycles. The number of hydrogen-bond donors (Lipinski definition) is 6. The summed E-state index contributed by atoms with van der Waals surface area (Å²) in [5.74, 6) is -0.158. The van der Waals surface area contributed by atoms with Gasteiger partial charge in [0.1, 0.15) is 24.4 Å². The van der Waals surface area contributed by atoms with Crippen molar-refractivity contribution < 1.29 is 49.3 Å². The Morgan fingerprint density at radius 1 is 0.360 bits per heavy atom. The van der Waals surface area contributed by atoms with Gasteiger partial charge in [-0.05, 0) is 44.9 Å². The number of esters is 1. The highest BCUT2D eigenvalue weighted by atomic mass is 16.7. The quantitative estimate of drug-likeness (QED) is 0.0195. The van der Waals surface area contributed by atoms with Crippen molar-refractivity contribution in [2.24, 2.45) is 0 Å². The molecule has 0 bridgehead atoms. The van der Waals surface area contributed by atoms with Gasteiger partial charge in [0.05, 0.1) is 32.0 Å². The van der Waals surface area contributed by atoms with Gasteiger partial charge in [-0.15, -0.1) is 0 Å². The van der Waals surface area contributed by atoms with E-state index in [1.165, 1.54) is 392 Å². The summed E-state index contributed by atoms with van der Waals surface area (Å²) in [6.45, 7) is 4.40. The van der Waals surface area contributed by atoms with Crippen molar-refractivity contribution in [3.8, 4) is 0 Å². The molecule has 0 saturated carbocycles. The second-order valence-electron chi connectivity index (χ2n) is 31.3. The lowest BCUT2D eigenvalue weighted by atomic mass is 9.99. The standard InChI is InChI=1S/C89H171NO10/c1-3-5-7-9-11-13-15-17-19-20-42-46-49-53-57-61-65-69-73-77-85(94)98-78-74-70-66-62-58-54-50-47-44-41-39-37-35-33-31-29-27-25-23-21-22-24-26-28-30-32-34-36-38-40-43-45-48-52-56-60-64-68-72-76-84(93)90-81(80-99-89-88(97)87(96)86(95)83(79-91)100-89)82(92)75-71-67-63-59-55-51-18-16-14-12-10-8-6-4-2/h55,59,71,75,81-83,86-89,91-92,95-97H,3-54,56-58,60-70,72-74,76-80H2,1-2H3,(H,90,93)/b59-55+,75-71+. The molecule has 0 aromatic carbocycles. The van der Waals surface area contributed by atoms with E-state index in [2.05, 4.69) is 31.3 Å². The maximum Gasteiger partial charge on any atom is 0.305 e. The first kappa shape index (κ1) is 96.2. The minimum atomic E-state index is -1.57. The molecule has 0 spiro atoms. The molecule has 0 aromatic heterocycles. The lowest BCUT2D eigenvalue weighted by Gasteiger charge is -2.40. The van der Waals surface area contributed by atoms with Gasteiger partial charge in [0, 0.05) is 12.8 Å². The Bertz CT molecular complexity index is 1710. The molecule has 1 aliphatic rings. The number of hydrogen-bond acceptors (Lipinski definition) is 10. The van der Waals surface area contributed by atoms with Gasteiger partial charge in [-0.3, -0.25) is 9.59 Å². The zero-order valence-electron chi connectivity index (χ0n) is 66.5. The normalized spacial score (nSPS) is 17.1. The summed E-state index contributed by atoms with van der Waals surface area (Å²) in [5, 5.41) is 54.6. The molecule has 7 unspecified atom stereocenters. The zero-order chi connectivity index (χ0) is 72.2. The van der Waals surface area contributed by atoms with Crippen LogP contribution in [0, 0.1) is 0 Å². The van der Waals surface area contributed by atoms with Crippen molar-refractivity contribution in [2.45, 2.75) is 513 Å². The summed E-state index contributed by atoms with van der Waals surface area (Å²) in [5.41, 5.74) is 0. The Morgan fingerprint density at radius 2 is 0.650 bits per heavy atom. The predicted molar refractivity (Wildman–Crippen MR) is 426 cm³/mol. The highest BCUT2D eigenvalue weighted by Gasteiger charge is 2.44. The third-order valence-electron chi connectivity index (χ3n) is 21.6. The summed E-state index contributed by atoms with van der Waals surface area (Å²) < 4.78 is 16.8. The molecular formula is C89H171NO10. The van der Waals surface area contributed by atoms with Gasteiger partial charge in [-0.25, -0.2) is 0 Å². The smallest absolute Gasteiger partial charge is 0.305 e. The van der Waals surface area contributed by atoms with Crippen LogP contribution in [0.15, 0.2) is 24.3 Å². The number of nitrogens with one attached hydrogen (secondary N) is 1. The molecular weight excluding hydrogens is 1240 g/mol. The van der Waals surface area contributed by atoms with E-state index in [0.29, 0.717) is 19.4 Å². The Morgan fingerprint density at radius 3 is 0.990 bits per heavy atom. The van der Waals surface area contributed by atoms with Crippen LogP contribution >= 0.6 is 0 Å². The molecule has 11 nitrogen and oxygen atoms in total. The first-order valence-corrected chi connectivity index (χ1v) is 44.6. The van der Waals surface area contributed by atoms with Crippen LogP contribution in [0.2, 0.25) is 0 Å². The average molecular weight is 1420 g/mol. The van der Waals surface area contributed by atoms with Crippen LogP contribution in [0.1, 0.15) is 470 Å². The third-order valence-corrected chi connectivity index (χ3v) is 21.6. The highest BCUT2D eigenvalue weighted by molar-refractivity contribution is 5.76. The lowest BCUT2D eigenvalue weighted by Crippen LogP contribution is -2.60. The summed E-state index contributed by atoms with van der Waals surface area (Å²) in [7, 11) is 0. The number of rotatable bonds is 81. The molecule has 1 amide bonds. The van der Waals surface area contributed by atoms with Crippen molar-refractivity contribution in [1.82, 2.24) is 5.32 Å². The lowest BCUT2D eigenvalue weighted by molar-refractivity contribution is -0.302. The maximum atomic E-state index is 13.1. The fourth-order valence-corrected chi connectivity index (χ4v) is 14.6. The number of unbranched alkanes of at least 4 members (excludes halogenated alkanes) is 65. The minimum absolute atomic E-state index is 0.0243. The molecule has 1 rings (SSSR count). The zero-order valence-corrected chi connectivity index (χ0v) is 66.5. The summed E-state index contributed by atoms with van der Waals surface area (Å²) in [4.78, 5) is 25.3. The largest absolute Gasteiger partial charge is 0.466 e. The Hall–Kier alpha value is -1.86. The van der Waals surface area contributed by atoms with E-state index >= 15 is 0 Å². The Balaban J connectivity index is 1.85. The number of carbonyl (C=O) groups is 2. The number of aliphatic hydroxyl groups is 5. The Labute approximate surface area is 620 Å².